The van der Waals surface area contributed by atoms with Crippen molar-refractivity contribution in [2.75, 3.05) is 23.3 Å². The molecule has 3 aliphatic heterocycles. The third-order valence-electron chi connectivity index (χ3n) is 6.26. The molecule has 2 N–H and O–H groups in total. The van der Waals surface area contributed by atoms with Gasteiger partial charge in [0.1, 0.15) is 11.9 Å². The highest BCUT2D eigenvalue weighted by Crippen LogP contribution is 2.29. The first-order valence-electron chi connectivity index (χ1n) is 10.8. The second-order valence-electron chi connectivity index (χ2n) is 8.34. The first kappa shape index (κ1) is 19.5. The topological polar surface area (TPSA) is 94.6 Å². The van der Waals surface area contributed by atoms with Crippen LogP contribution in [0.5, 0.6) is 0 Å². The molecule has 1 aromatic heterocycles. The summed E-state index contributed by atoms with van der Waals surface area (Å²) in [7, 11) is 0. The molecule has 5 rings (SSSR count). The predicted molar refractivity (Wildman–Crippen MR) is 115 cm³/mol. The van der Waals surface area contributed by atoms with Crippen LogP contribution in [0.25, 0.3) is 0 Å². The molecule has 0 saturated carbocycles. The summed E-state index contributed by atoms with van der Waals surface area (Å²) < 4.78 is 0. The normalized spacial score (nSPS) is 20.8. The number of nitrogens with one attached hydrogen (secondary N) is 2. The molecule has 8 nitrogen and oxygen atoms in total. The summed E-state index contributed by atoms with van der Waals surface area (Å²) in [5.74, 6) is 0.212. The molecule has 0 aliphatic carbocycles. The average Bonchev–Trinajstić information content (AvgIpc) is 3.41. The van der Waals surface area contributed by atoms with Crippen LogP contribution in [0.4, 0.5) is 11.5 Å². The van der Waals surface area contributed by atoms with E-state index in [0.29, 0.717) is 25.1 Å². The minimum absolute atomic E-state index is 0.155. The molecule has 31 heavy (non-hydrogen) atoms. The Hall–Kier alpha value is -3.42. The number of imide groups is 1. The third-order valence-corrected chi connectivity index (χ3v) is 6.26. The van der Waals surface area contributed by atoms with Gasteiger partial charge >= 0.3 is 0 Å². The summed E-state index contributed by atoms with van der Waals surface area (Å²) in [5, 5.41) is 5.73. The van der Waals surface area contributed by atoms with Gasteiger partial charge in [-0.25, -0.2) is 4.98 Å². The highest BCUT2D eigenvalue weighted by Gasteiger charge is 2.39. The third kappa shape index (κ3) is 3.85. The monoisotopic (exact) mass is 419 g/mol. The van der Waals surface area contributed by atoms with Crippen LogP contribution in [0.3, 0.4) is 0 Å². The fourth-order valence-electron chi connectivity index (χ4n) is 4.54. The van der Waals surface area contributed by atoms with Crippen LogP contribution >= 0.6 is 0 Å². The van der Waals surface area contributed by atoms with Crippen molar-refractivity contribution in [3.63, 3.8) is 0 Å². The summed E-state index contributed by atoms with van der Waals surface area (Å²) >= 11 is 0. The minimum atomic E-state index is -0.589. The average molecular weight is 419 g/mol. The zero-order valence-corrected chi connectivity index (χ0v) is 17.3. The van der Waals surface area contributed by atoms with Gasteiger partial charge in [-0.3, -0.25) is 19.7 Å². The van der Waals surface area contributed by atoms with Crippen LogP contribution in [-0.2, 0) is 22.7 Å². The molecule has 1 aromatic carbocycles. The number of pyridine rings is 1. The molecule has 0 bridgehead atoms. The number of aromatic nitrogens is 1. The van der Waals surface area contributed by atoms with Crippen LogP contribution < -0.4 is 15.5 Å². The lowest BCUT2D eigenvalue weighted by Gasteiger charge is -2.29. The van der Waals surface area contributed by atoms with Crippen LogP contribution in [0.1, 0.15) is 47.2 Å². The van der Waals surface area contributed by atoms with Crippen LogP contribution in [0.15, 0.2) is 36.5 Å². The van der Waals surface area contributed by atoms with Gasteiger partial charge in [-0.1, -0.05) is 6.07 Å². The second-order valence-corrected chi connectivity index (χ2v) is 8.34. The van der Waals surface area contributed by atoms with Crippen LogP contribution in [0, 0.1) is 0 Å². The number of benzene rings is 1. The predicted octanol–water partition coefficient (Wildman–Crippen LogP) is 2.05. The van der Waals surface area contributed by atoms with Gasteiger partial charge in [-0.15, -0.1) is 0 Å². The first-order valence-corrected chi connectivity index (χ1v) is 10.8. The van der Waals surface area contributed by atoms with Crippen molar-refractivity contribution in [3.05, 3.63) is 53.2 Å². The standard InChI is InChI=1S/C23H25N5O3/c29-21-8-6-19(22(30)26-21)28-14-16-11-17(4-5-18(16)23(28)31)24-12-15-3-7-20(25-13-15)27-9-1-2-10-27/h3-5,7,11,13,19,24H,1-2,6,8-10,12,14H2,(H,26,29,30). The molecule has 1 unspecified atom stereocenters. The number of nitrogens with zero attached hydrogens (tertiary/aromatic N) is 3. The number of amides is 3. The van der Waals surface area contributed by atoms with Crippen molar-refractivity contribution in [2.45, 2.75) is 44.8 Å². The largest absolute Gasteiger partial charge is 0.381 e. The zero-order chi connectivity index (χ0) is 21.4. The number of carbonyl (C=O) groups is 3. The SMILES string of the molecule is O=C1CCC(N2Cc3cc(NCc4ccc(N5CCCC5)nc4)ccc3C2=O)C(=O)N1. The van der Waals surface area contributed by atoms with Crippen molar-refractivity contribution in [3.8, 4) is 0 Å². The Kier molecular flexibility index (Phi) is 5.05. The lowest BCUT2D eigenvalue weighted by Crippen LogP contribution is -2.52. The summed E-state index contributed by atoms with van der Waals surface area (Å²) in [6, 6.07) is 9.23. The minimum Gasteiger partial charge on any atom is -0.381 e. The Morgan fingerprint density at radius 3 is 2.68 bits per heavy atom. The van der Waals surface area contributed by atoms with Gasteiger partial charge < -0.3 is 15.1 Å². The number of anilines is 2. The molecule has 8 heteroatoms. The summed E-state index contributed by atoms with van der Waals surface area (Å²) in [6.45, 7) is 3.17. The number of rotatable bonds is 5. The summed E-state index contributed by atoms with van der Waals surface area (Å²) in [5.41, 5.74) is 3.51. The Morgan fingerprint density at radius 1 is 1.10 bits per heavy atom. The summed E-state index contributed by atoms with van der Waals surface area (Å²) in [4.78, 5) is 44.8. The van der Waals surface area contributed by atoms with E-state index >= 15 is 0 Å². The van der Waals surface area contributed by atoms with E-state index in [1.54, 1.807) is 11.0 Å². The van der Waals surface area contributed by atoms with E-state index in [1.165, 1.54) is 12.8 Å². The van der Waals surface area contributed by atoms with E-state index in [4.69, 9.17) is 0 Å². The van der Waals surface area contributed by atoms with Crippen molar-refractivity contribution < 1.29 is 14.4 Å². The van der Waals surface area contributed by atoms with Gasteiger partial charge in [-0.05, 0) is 54.7 Å². The molecular formula is C23H25N5O3. The van der Waals surface area contributed by atoms with Gasteiger partial charge in [0.05, 0.1) is 0 Å². The zero-order valence-electron chi connectivity index (χ0n) is 17.3. The van der Waals surface area contributed by atoms with E-state index in [2.05, 4.69) is 32.7 Å². The Labute approximate surface area is 180 Å². The van der Waals surface area contributed by atoms with E-state index in [9.17, 15) is 14.4 Å². The second kappa shape index (κ2) is 8.02. The molecule has 3 amide bonds. The van der Waals surface area contributed by atoms with Crippen LogP contribution in [-0.4, -0.2) is 46.7 Å². The van der Waals surface area contributed by atoms with E-state index in [0.717, 1.165) is 35.7 Å². The number of piperidine rings is 1. The lowest BCUT2D eigenvalue weighted by atomic mass is 10.0. The molecule has 1 atom stereocenters. The molecular weight excluding hydrogens is 394 g/mol. The van der Waals surface area contributed by atoms with E-state index in [-0.39, 0.29) is 24.1 Å². The Bertz CT molecular complexity index is 1030. The number of hydrogen-bond donors (Lipinski definition) is 2. The molecule has 2 aromatic rings. The van der Waals surface area contributed by atoms with Crippen molar-refractivity contribution >= 4 is 29.2 Å². The van der Waals surface area contributed by atoms with Gasteiger partial charge in [0.2, 0.25) is 11.8 Å². The maximum atomic E-state index is 12.8. The molecule has 2 fully saturated rings. The maximum absolute atomic E-state index is 12.8. The van der Waals surface area contributed by atoms with Gasteiger partial charge in [0.15, 0.2) is 0 Å². The van der Waals surface area contributed by atoms with Gasteiger partial charge in [0, 0.05) is 50.0 Å². The molecule has 2 saturated heterocycles. The summed E-state index contributed by atoms with van der Waals surface area (Å²) in [6.07, 6.45) is 4.99. The molecule has 4 heterocycles. The maximum Gasteiger partial charge on any atom is 0.255 e. The number of hydrogen-bond acceptors (Lipinski definition) is 6. The van der Waals surface area contributed by atoms with Crippen molar-refractivity contribution in [1.29, 1.82) is 0 Å². The molecule has 0 radical (unpaired) electrons. The molecule has 3 aliphatic rings. The first-order chi connectivity index (χ1) is 15.1. The fourth-order valence-corrected chi connectivity index (χ4v) is 4.54. The molecule has 160 valence electrons. The smallest absolute Gasteiger partial charge is 0.255 e. The fraction of sp³-hybridized carbons (Fsp3) is 0.391. The number of carbonyl (C=O) groups excluding carboxylic acids is 3. The lowest BCUT2D eigenvalue weighted by molar-refractivity contribution is -0.136. The highest BCUT2D eigenvalue weighted by atomic mass is 16.2. The quantitative estimate of drug-likeness (QED) is 0.721. The Morgan fingerprint density at radius 2 is 1.94 bits per heavy atom. The van der Waals surface area contributed by atoms with Crippen LogP contribution in [0.2, 0.25) is 0 Å². The molecule has 0 spiro atoms. The van der Waals surface area contributed by atoms with Gasteiger partial charge in [0.25, 0.3) is 5.91 Å². The van der Waals surface area contributed by atoms with E-state index < -0.39 is 6.04 Å². The van der Waals surface area contributed by atoms with E-state index in [1.807, 2.05) is 18.3 Å². The Balaban J connectivity index is 1.23. The van der Waals surface area contributed by atoms with Crippen molar-refractivity contribution in [2.24, 2.45) is 0 Å². The highest BCUT2D eigenvalue weighted by molar-refractivity contribution is 6.05. The number of fused-ring (bicyclic) bond motifs is 1. The van der Waals surface area contributed by atoms with Crippen molar-refractivity contribution in [1.82, 2.24) is 15.2 Å². The van der Waals surface area contributed by atoms with Gasteiger partial charge in [-0.2, -0.15) is 0 Å².